The molecule has 0 bridgehead atoms. The maximum atomic E-state index is 12.1. The number of fused-ring (bicyclic) bond motifs is 1. The van der Waals surface area contributed by atoms with Gasteiger partial charge in [-0.3, -0.25) is 4.79 Å². The lowest BCUT2D eigenvalue weighted by molar-refractivity contribution is -0.123. The molecule has 1 aromatic heterocycles. The zero-order valence-electron chi connectivity index (χ0n) is 11.5. The molecule has 1 aromatic carbocycles. The lowest BCUT2D eigenvalue weighted by Gasteiger charge is -2.16. The molecule has 0 aliphatic heterocycles. The number of carbonyl (C=O) groups excluding carboxylic acids is 1. The maximum Gasteiger partial charge on any atom is 0.242 e. The number of rotatable bonds is 4. The summed E-state index contributed by atoms with van der Waals surface area (Å²) in [7, 11) is 0. The van der Waals surface area contributed by atoms with Crippen LogP contribution in [0.15, 0.2) is 30.5 Å². The van der Waals surface area contributed by atoms with Crippen molar-refractivity contribution in [3.05, 3.63) is 35.5 Å². The normalized spacial score (nSPS) is 12.9. The zero-order chi connectivity index (χ0) is 14.0. The molecule has 1 atom stereocenters. The predicted octanol–water partition coefficient (Wildman–Crippen LogP) is 3.63. The number of aromatic nitrogens is 1. The smallest absolute Gasteiger partial charge is 0.242 e. The first-order valence-corrected chi connectivity index (χ1v) is 6.91. The molecule has 1 heterocycles. The van der Waals surface area contributed by atoms with E-state index < -0.39 is 0 Å². The van der Waals surface area contributed by atoms with Gasteiger partial charge in [-0.25, -0.2) is 0 Å². The second kappa shape index (κ2) is 5.66. The van der Waals surface area contributed by atoms with Gasteiger partial charge < -0.3 is 9.88 Å². The Labute approximate surface area is 118 Å². The van der Waals surface area contributed by atoms with Gasteiger partial charge in [0.25, 0.3) is 0 Å². The van der Waals surface area contributed by atoms with Crippen LogP contribution in [0.2, 0.25) is 5.02 Å². The Bertz CT molecular complexity index is 589. The highest BCUT2D eigenvalue weighted by atomic mass is 35.5. The summed E-state index contributed by atoms with van der Waals surface area (Å²) in [5, 5.41) is 4.68. The molecule has 1 unspecified atom stereocenters. The molecule has 1 amide bonds. The largest absolute Gasteiger partial charge is 0.354 e. The van der Waals surface area contributed by atoms with Crippen molar-refractivity contribution in [3.63, 3.8) is 0 Å². The van der Waals surface area contributed by atoms with Gasteiger partial charge in [0.05, 0.1) is 10.5 Å². The van der Waals surface area contributed by atoms with E-state index in [1.54, 1.807) is 0 Å². The minimum absolute atomic E-state index is 0.0196. The number of hydrogen-bond acceptors (Lipinski definition) is 1. The minimum Gasteiger partial charge on any atom is -0.354 e. The van der Waals surface area contributed by atoms with Crippen LogP contribution in [0.1, 0.15) is 26.8 Å². The Kier molecular flexibility index (Phi) is 4.15. The predicted molar refractivity (Wildman–Crippen MR) is 79.5 cm³/mol. The molecule has 4 heteroatoms. The highest BCUT2D eigenvalue weighted by Gasteiger charge is 2.17. The van der Waals surface area contributed by atoms with Gasteiger partial charge >= 0.3 is 0 Å². The Morgan fingerprint density at radius 3 is 2.74 bits per heavy atom. The number of amides is 1. The van der Waals surface area contributed by atoms with Crippen molar-refractivity contribution in [1.82, 2.24) is 9.88 Å². The average Bonchev–Trinajstić information content (AvgIpc) is 2.80. The average molecular weight is 279 g/mol. The molecule has 102 valence electrons. The van der Waals surface area contributed by atoms with Gasteiger partial charge in [-0.2, -0.15) is 0 Å². The van der Waals surface area contributed by atoms with E-state index >= 15 is 0 Å². The third-order valence-electron chi connectivity index (χ3n) is 3.17. The summed E-state index contributed by atoms with van der Waals surface area (Å²) in [6.07, 6.45) is 1.91. The first-order chi connectivity index (χ1) is 9.00. The fraction of sp³-hybridized carbons (Fsp3) is 0.400. The Morgan fingerprint density at radius 1 is 1.32 bits per heavy atom. The van der Waals surface area contributed by atoms with Crippen molar-refractivity contribution in [2.45, 2.75) is 26.8 Å². The molecule has 2 aromatic rings. The molecule has 0 saturated carbocycles. The number of halogens is 1. The SMILES string of the molecule is CC(C)CNC(=O)C(C)n1ccc2cccc(Cl)c21. The number of para-hydroxylation sites is 1. The number of nitrogens with one attached hydrogen (secondary N) is 1. The molecule has 0 saturated heterocycles. The second-order valence-electron chi connectivity index (χ2n) is 5.22. The molecule has 2 rings (SSSR count). The van der Waals surface area contributed by atoms with Crippen molar-refractivity contribution in [2.75, 3.05) is 6.54 Å². The van der Waals surface area contributed by atoms with Crippen LogP contribution in [0.3, 0.4) is 0 Å². The molecular weight excluding hydrogens is 260 g/mol. The van der Waals surface area contributed by atoms with E-state index in [9.17, 15) is 4.79 Å². The van der Waals surface area contributed by atoms with Gasteiger partial charge in [-0.15, -0.1) is 0 Å². The second-order valence-corrected chi connectivity index (χ2v) is 5.62. The summed E-state index contributed by atoms with van der Waals surface area (Å²) >= 11 is 6.23. The van der Waals surface area contributed by atoms with Crippen LogP contribution in [0.25, 0.3) is 10.9 Å². The van der Waals surface area contributed by atoms with Crippen LogP contribution in [-0.4, -0.2) is 17.0 Å². The van der Waals surface area contributed by atoms with E-state index in [1.807, 2.05) is 42.0 Å². The van der Waals surface area contributed by atoms with Gasteiger partial charge in [0.15, 0.2) is 0 Å². The van der Waals surface area contributed by atoms with Gasteiger partial charge in [0.2, 0.25) is 5.91 Å². The summed E-state index contributed by atoms with van der Waals surface area (Å²) in [4.78, 5) is 12.1. The Morgan fingerprint density at radius 2 is 2.05 bits per heavy atom. The Hall–Kier alpha value is -1.48. The molecular formula is C15H19ClN2O. The minimum atomic E-state index is -0.267. The van der Waals surface area contributed by atoms with Crippen molar-refractivity contribution < 1.29 is 4.79 Å². The monoisotopic (exact) mass is 278 g/mol. The van der Waals surface area contributed by atoms with E-state index in [4.69, 9.17) is 11.6 Å². The highest BCUT2D eigenvalue weighted by Crippen LogP contribution is 2.27. The van der Waals surface area contributed by atoms with E-state index in [0.717, 1.165) is 10.9 Å². The molecule has 1 N–H and O–H groups in total. The first-order valence-electron chi connectivity index (χ1n) is 6.53. The van der Waals surface area contributed by atoms with E-state index in [1.165, 1.54) is 0 Å². The zero-order valence-corrected chi connectivity index (χ0v) is 12.2. The fourth-order valence-corrected chi connectivity index (χ4v) is 2.35. The van der Waals surface area contributed by atoms with Crippen LogP contribution in [0.5, 0.6) is 0 Å². The molecule has 0 radical (unpaired) electrons. The first kappa shape index (κ1) is 13.9. The lowest BCUT2D eigenvalue weighted by atomic mass is 10.2. The molecule has 3 nitrogen and oxygen atoms in total. The lowest BCUT2D eigenvalue weighted by Crippen LogP contribution is -2.33. The highest BCUT2D eigenvalue weighted by molar-refractivity contribution is 6.35. The molecule has 0 aliphatic rings. The van der Waals surface area contributed by atoms with Crippen LogP contribution in [0.4, 0.5) is 0 Å². The number of carbonyl (C=O) groups is 1. The van der Waals surface area contributed by atoms with Crippen LogP contribution < -0.4 is 5.32 Å². The van der Waals surface area contributed by atoms with E-state index in [-0.39, 0.29) is 11.9 Å². The third kappa shape index (κ3) is 2.92. The standard InChI is InChI=1S/C15H19ClN2O/c1-10(2)9-17-15(19)11(3)18-8-7-12-5-4-6-13(16)14(12)18/h4-8,10-11H,9H2,1-3H3,(H,17,19). The topological polar surface area (TPSA) is 34.0 Å². The number of nitrogens with zero attached hydrogens (tertiary/aromatic N) is 1. The van der Waals surface area contributed by atoms with Crippen LogP contribution in [0, 0.1) is 5.92 Å². The molecule has 19 heavy (non-hydrogen) atoms. The summed E-state index contributed by atoms with van der Waals surface area (Å²) in [6, 6.07) is 7.47. The van der Waals surface area contributed by atoms with Gasteiger partial charge in [-0.1, -0.05) is 37.6 Å². The van der Waals surface area contributed by atoms with E-state index in [0.29, 0.717) is 17.5 Å². The Balaban J connectivity index is 2.26. The van der Waals surface area contributed by atoms with Crippen LogP contribution >= 0.6 is 11.6 Å². The number of hydrogen-bond donors (Lipinski definition) is 1. The van der Waals surface area contributed by atoms with Gasteiger partial charge in [0, 0.05) is 18.1 Å². The van der Waals surface area contributed by atoms with Crippen molar-refractivity contribution in [3.8, 4) is 0 Å². The molecule has 0 aliphatic carbocycles. The van der Waals surface area contributed by atoms with E-state index in [2.05, 4.69) is 19.2 Å². The molecule has 0 fully saturated rings. The molecule has 0 spiro atoms. The number of benzene rings is 1. The quantitative estimate of drug-likeness (QED) is 0.910. The maximum absolute atomic E-state index is 12.1. The third-order valence-corrected chi connectivity index (χ3v) is 3.48. The van der Waals surface area contributed by atoms with Gasteiger partial charge in [-0.05, 0) is 25.0 Å². The summed E-state index contributed by atoms with van der Waals surface area (Å²) in [6.45, 7) is 6.73. The van der Waals surface area contributed by atoms with Crippen molar-refractivity contribution >= 4 is 28.4 Å². The summed E-state index contributed by atoms with van der Waals surface area (Å²) in [5.41, 5.74) is 0.913. The summed E-state index contributed by atoms with van der Waals surface area (Å²) < 4.78 is 1.92. The fourth-order valence-electron chi connectivity index (χ4n) is 2.08. The summed E-state index contributed by atoms with van der Waals surface area (Å²) in [5.74, 6) is 0.465. The van der Waals surface area contributed by atoms with Crippen LogP contribution in [-0.2, 0) is 4.79 Å². The van der Waals surface area contributed by atoms with Crippen molar-refractivity contribution in [2.24, 2.45) is 5.92 Å². The van der Waals surface area contributed by atoms with Gasteiger partial charge in [0.1, 0.15) is 6.04 Å². The van der Waals surface area contributed by atoms with Crippen molar-refractivity contribution in [1.29, 1.82) is 0 Å².